The maximum atomic E-state index is 14.0. The summed E-state index contributed by atoms with van der Waals surface area (Å²) in [6.07, 6.45) is 1.34. The van der Waals surface area contributed by atoms with Gasteiger partial charge in [0.05, 0.1) is 12.0 Å². The molecule has 2 aromatic carbocycles. The van der Waals surface area contributed by atoms with Gasteiger partial charge in [-0.25, -0.2) is 4.39 Å². The van der Waals surface area contributed by atoms with Gasteiger partial charge in [-0.2, -0.15) is 0 Å². The highest BCUT2D eigenvalue weighted by Gasteiger charge is 2.45. The van der Waals surface area contributed by atoms with Gasteiger partial charge in [-0.05, 0) is 48.6 Å². The second kappa shape index (κ2) is 7.74. The Bertz CT molecular complexity index is 796. The van der Waals surface area contributed by atoms with Crippen LogP contribution in [0.25, 0.3) is 11.1 Å². The van der Waals surface area contributed by atoms with Crippen LogP contribution in [0.2, 0.25) is 5.02 Å². The van der Waals surface area contributed by atoms with Crippen LogP contribution in [0.4, 0.5) is 4.39 Å². The van der Waals surface area contributed by atoms with Gasteiger partial charge in [-0.3, -0.25) is 4.79 Å². The number of hydrogen-bond donors (Lipinski definition) is 3. The number of rotatable bonds is 6. The van der Waals surface area contributed by atoms with Crippen molar-refractivity contribution in [3.63, 3.8) is 0 Å². The van der Waals surface area contributed by atoms with Gasteiger partial charge < -0.3 is 15.5 Å². The van der Waals surface area contributed by atoms with Gasteiger partial charge in [-0.15, -0.1) is 0 Å². The van der Waals surface area contributed by atoms with E-state index in [1.807, 2.05) is 24.3 Å². The molecule has 1 heterocycles. The zero-order valence-corrected chi connectivity index (χ0v) is 15.0. The summed E-state index contributed by atoms with van der Waals surface area (Å²) in [5, 5.41) is 22.1. The number of aliphatic hydroxyl groups excluding tert-OH is 2. The van der Waals surface area contributed by atoms with E-state index in [9.17, 15) is 14.3 Å². The SMILES string of the molecule is O=C1N[C@H](Cc2ccc(-c3cc(Cl)ccc3F)cc2)CC1(CO)CCO. The average molecular weight is 378 g/mol. The molecule has 0 saturated carbocycles. The quantitative estimate of drug-likeness (QED) is 0.725. The smallest absolute Gasteiger partial charge is 0.228 e. The Hall–Kier alpha value is -1.95. The van der Waals surface area contributed by atoms with Crippen molar-refractivity contribution in [2.24, 2.45) is 5.41 Å². The van der Waals surface area contributed by atoms with Crippen LogP contribution in [0, 0.1) is 11.2 Å². The summed E-state index contributed by atoms with van der Waals surface area (Å²) in [7, 11) is 0. The third-order valence-electron chi connectivity index (χ3n) is 5.02. The van der Waals surface area contributed by atoms with Gasteiger partial charge in [-0.1, -0.05) is 35.9 Å². The van der Waals surface area contributed by atoms with Crippen LogP contribution in [0.3, 0.4) is 0 Å². The van der Waals surface area contributed by atoms with E-state index in [1.54, 1.807) is 6.07 Å². The number of carbonyl (C=O) groups is 1. The van der Waals surface area contributed by atoms with Crippen molar-refractivity contribution in [1.82, 2.24) is 5.32 Å². The fourth-order valence-electron chi connectivity index (χ4n) is 3.55. The lowest BCUT2D eigenvalue weighted by molar-refractivity contribution is -0.130. The first-order valence-electron chi connectivity index (χ1n) is 8.54. The number of amides is 1. The van der Waals surface area contributed by atoms with Crippen LogP contribution >= 0.6 is 11.6 Å². The number of nitrogens with one attached hydrogen (secondary N) is 1. The summed E-state index contributed by atoms with van der Waals surface area (Å²) in [5.74, 6) is -0.543. The molecule has 2 aromatic rings. The van der Waals surface area contributed by atoms with Gasteiger partial charge >= 0.3 is 0 Å². The van der Waals surface area contributed by atoms with Crippen molar-refractivity contribution >= 4 is 17.5 Å². The second-order valence-electron chi connectivity index (χ2n) is 6.81. The second-order valence-corrected chi connectivity index (χ2v) is 7.25. The molecule has 1 amide bonds. The molecule has 1 fully saturated rings. The van der Waals surface area contributed by atoms with Gasteiger partial charge in [0.2, 0.25) is 5.91 Å². The molecular formula is C20H21ClFNO3. The minimum atomic E-state index is -0.900. The fourth-order valence-corrected chi connectivity index (χ4v) is 3.72. The Labute approximate surface area is 156 Å². The molecule has 1 aliphatic heterocycles. The molecule has 1 unspecified atom stereocenters. The van der Waals surface area contributed by atoms with E-state index in [4.69, 9.17) is 16.7 Å². The Kier molecular flexibility index (Phi) is 5.61. The van der Waals surface area contributed by atoms with Crippen LogP contribution < -0.4 is 5.32 Å². The minimum absolute atomic E-state index is 0.102. The summed E-state index contributed by atoms with van der Waals surface area (Å²) in [6.45, 7) is -0.413. The highest BCUT2D eigenvalue weighted by Crippen LogP contribution is 2.34. The van der Waals surface area contributed by atoms with Crippen LogP contribution in [-0.2, 0) is 11.2 Å². The van der Waals surface area contributed by atoms with Crippen molar-refractivity contribution in [2.45, 2.75) is 25.3 Å². The van der Waals surface area contributed by atoms with Crippen LogP contribution in [0.5, 0.6) is 0 Å². The molecular weight excluding hydrogens is 357 g/mol. The molecule has 3 N–H and O–H groups in total. The van der Waals surface area contributed by atoms with E-state index < -0.39 is 5.41 Å². The molecule has 2 atom stereocenters. The Balaban J connectivity index is 1.72. The van der Waals surface area contributed by atoms with Crippen LogP contribution in [-0.4, -0.2) is 35.4 Å². The summed E-state index contributed by atoms with van der Waals surface area (Å²) < 4.78 is 14.0. The molecule has 0 aromatic heterocycles. The lowest BCUT2D eigenvalue weighted by atomic mass is 9.81. The topological polar surface area (TPSA) is 69.6 Å². The number of halogens is 2. The van der Waals surface area contributed by atoms with Crippen molar-refractivity contribution in [3.05, 3.63) is 58.9 Å². The maximum absolute atomic E-state index is 14.0. The lowest BCUT2D eigenvalue weighted by Gasteiger charge is -2.22. The van der Waals surface area contributed by atoms with E-state index in [2.05, 4.69) is 5.32 Å². The first kappa shape index (κ1) is 18.8. The fraction of sp³-hybridized carbons (Fsp3) is 0.350. The van der Waals surface area contributed by atoms with Crippen molar-refractivity contribution in [2.75, 3.05) is 13.2 Å². The number of hydrogen-bond acceptors (Lipinski definition) is 3. The molecule has 0 aliphatic carbocycles. The predicted octanol–water partition coefficient (Wildman–Crippen LogP) is 2.94. The highest BCUT2D eigenvalue weighted by molar-refractivity contribution is 6.30. The predicted molar refractivity (Wildman–Crippen MR) is 98.3 cm³/mol. The molecule has 4 nitrogen and oxygen atoms in total. The number of aliphatic hydroxyl groups is 2. The molecule has 26 heavy (non-hydrogen) atoms. The lowest BCUT2D eigenvalue weighted by Crippen LogP contribution is -2.36. The summed E-state index contributed by atoms with van der Waals surface area (Å²) in [4.78, 5) is 12.2. The molecule has 1 aliphatic rings. The zero-order chi connectivity index (χ0) is 18.7. The summed E-state index contributed by atoms with van der Waals surface area (Å²) in [6, 6.07) is 11.8. The van der Waals surface area contributed by atoms with Crippen molar-refractivity contribution < 1.29 is 19.4 Å². The summed E-state index contributed by atoms with van der Waals surface area (Å²) >= 11 is 5.95. The minimum Gasteiger partial charge on any atom is -0.396 e. The molecule has 138 valence electrons. The molecule has 0 radical (unpaired) electrons. The van der Waals surface area contributed by atoms with Crippen LogP contribution in [0.1, 0.15) is 18.4 Å². The average Bonchev–Trinajstić information content (AvgIpc) is 2.94. The molecule has 1 saturated heterocycles. The van der Waals surface area contributed by atoms with Crippen molar-refractivity contribution in [3.8, 4) is 11.1 Å². The number of benzene rings is 2. The van der Waals surface area contributed by atoms with Crippen molar-refractivity contribution in [1.29, 1.82) is 0 Å². The monoisotopic (exact) mass is 377 g/mol. The van der Waals surface area contributed by atoms with E-state index in [-0.39, 0.29) is 37.4 Å². The Morgan fingerprint density at radius 2 is 1.92 bits per heavy atom. The van der Waals surface area contributed by atoms with Crippen LogP contribution in [0.15, 0.2) is 42.5 Å². The largest absolute Gasteiger partial charge is 0.396 e. The Morgan fingerprint density at radius 3 is 2.58 bits per heavy atom. The van der Waals surface area contributed by atoms with Gasteiger partial charge in [0.15, 0.2) is 0 Å². The first-order chi connectivity index (χ1) is 12.5. The third kappa shape index (κ3) is 3.75. The van der Waals surface area contributed by atoms with E-state index >= 15 is 0 Å². The first-order valence-corrected chi connectivity index (χ1v) is 8.92. The van der Waals surface area contributed by atoms with E-state index in [0.29, 0.717) is 23.4 Å². The Morgan fingerprint density at radius 1 is 1.19 bits per heavy atom. The molecule has 0 spiro atoms. The summed E-state index contributed by atoms with van der Waals surface area (Å²) in [5.41, 5.74) is 1.28. The molecule has 3 rings (SSSR count). The normalized spacial score (nSPS) is 22.5. The third-order valence-corrected chi connectivity index (χ3v) is 5.26. The molecule has 0 bridgehead atoms. The van der Waals surface area contributed by atoms with E-state index in [0.717, 1.165) is 11.1 Å². The zero-order valence-electron chi connectivity index (χ0n) is 14.2. The van der Waals surface area contributed by atoms with Gasteiger partial charge in [0, 0.05) is 23.2 Å². The number of carbonyl (C=O) groups excluding carboxylic acids is 1. The maximum Gasteiger partial charge on any atom is 0.228 e. The van der Waals surface area contributed by atoms with E-state index in [1.165, 1.54) is 12.1 Å². The van der Waals surface area contributed by atoms with Gasteiger partial charge in [0.1, 0.15) is 5.82 Å². The standard InChI is InChI=1S/C20H21ClFNO3/c21-15-5-6-18(22)17(10-15)14-3-1-13(2-4-14)9-16-11-20(12-25,7-8-24)19(26)23-16/h1-6,10,16,24-25H,7-9,11-12H2,(H,23,26)/t16-,20?/m1/s1. The highest BCUT2D eigenvalue weighted by atomic mass is 35.5. The van der Waals surface area contributed by atoms with Gasteiger partial charge in [0.25, 0.3) is 0 Å². The molecule has 6 heteroatoms.